The van der Waals surface area contributed by atoms with E-state index >= 15 is 0 Å². The fourth-order valence-electron chi connectivity index (χ4n) is 2.06. The normalized spacial score (nSPS) is 26.0. The Labute approximate surface area is 100 Å². The lowest BCUT2D eigenvalue weighted by atomic mass is 9.89. The molecule has 1 aromatic rings. The van der Waals surface area contributed by atoms with Crippen LogP contribution in [0.3, 0.4) is 0 Å². The first kappa shape index (κ1) is 11.5. The van der Waals surface area contributed by atoms with Gasteiger partial charge in [0.15, 0.2) is 5.67 Å². The van der Waals surface area contributed by atoms with Crippen LogP contribution in [-0.4, -0.2) is 6.54 Å². The number of halogens is 2. The lowest BCUT2D eigenvalue weighted by molar-refractivity contribution is 0.194. The van der Waals surface area contributed by atoms with E-state index < -0.39 is 5.67 Å². The summed E-state index contributed by atoms with van der Waals surface area (Å²) in [7, 11) is 0. The monoisotopic (exact) mass is 239 g/mol. The first-order chi connectivity index (χ1) is 7.63. The van der Waals surface area contributed by atoms with Gasteiger partial charge in [0.1, 0.15) is 0 Å². The number of hydrogen-bond donors (Lipinski definition) is 1. The van der Waals surface area contributed by atoms with Gasteiger partial charge < -0.3 is 5.32 Å². The van der Waals surface area contributed by atoms with Gasteiger partial charge in [-0.2, -0.15) is 0 Å². The second kappa shape index (κ2) is 4.46. The Morgan fingerprint density at radius 1 is 1.25 bits per heavy atom. The summed E-state index contributed by atoms with van der Waals surface area (Å²) in [5.41, 5.74) is -0.357. The van der Waals surface area contributed by atoms with Crippen LogP contribution in [0.15, 0.2) is 36.5 Å². The van der Waals surface area contributed by atoms with Crippen molar-refractivity contribution in [1.29, 1.82) is 0 Å². The zero-order valence-electron chi connectivity index (χ0n) is 9.10. The molecule has 0 amide bonds. The minimum Gasteiger partial charge on any atom is -0.386 e. The van der Waals surface area contributed by atoms with Crippen molar-refractivity contribution in [3.8, 4) is 0 Å². The van der Waals surface area contributed by atoms with Gasteiger partial charge in [-0.3, -0.25) is 0 Å². The average molecular weight is 240 g/mol. The van der Waals surface area contributed by atoms with Gasteiger partial charge in [0, 0.05) is 17.3 Å². The van der Waals surface area contributed by atoms with Crippen LogP contribution in [0.25, 0.3) is 0 Å². The zero-order chi connectivity index (χ0) is 11.6. The maximum atomic E-state index is 14.9. The van der Waals surface area contributed by atoms with Crippen LogP contribution in [0.1, 0.15) is 24.8 Å². The molecule has 1 heterocycles. The van der Waals surface area contributed by atoms with Crippen molar-refractivity contribution in [3.05, 3.63) is 47.1 Å². The van der Waals surface area contributed by atoms with Gasteiger partial charge in [-0.1, -0.05) is 30.3 Å². The first-order valence-corrected chi connectivity index (χ1v) is 5.89. The van der Waals surface area contributed by atoms with Crippen molar-refractivity contribution < 1.29 is 4.39 Å². The predicted octanol–water partition coefficient (Wildman–Crippen LogP) is 3.79. The van der Waals surface area contributed by atoms with Crippen molar-refractivity contribution in [2.45, 2.75) is 24.9 Å². The summed E-state index contributed by atoms with van der Waals surface area (Å²) in [5, 5.41) is 3.67. The van der Waals surface area contributed by atoms with E-state index in [1.807, 2.05) is 0 Å². The topological polar surface area (TPSA) is 12.0 Å². The number of hydrogen-bond acceptors (Lipinski definition) is 1. The smallest absolute Gasteiger partial charge is 0.174 e. The summed E-state index contributed by atoms with van der Waals surface area (Å²) in [4.78, 5) is 0. The van der Waals surface area contributed by atoms with Crippen LogP contribution in [0.5, 0.6) is 0 Å². The summed E-state index contributed by atoms with van der Waals surface area (Å²) >= 11 is 5.80. The van der Waals surface area contributed by atoms with Gasteiger partial charge in [0.2, 0.25) is 0 Å². The van der Waals surface area contributed by atoms with Gasteiger partial charge in [0.05, 0.1) is 0 Å². The molecule has 86 valence electrons. The average Bonchev–Trinajstić information content (AvgIpc) is 2.44. The Morgan fingerprint density at radius 2 is 1.94 bits per heavy atom. The lowest BCUT2D eigenvalue weighted by Crippen LogP contribution is -2.29. The Hall–Kier alpha value is -1.02. The van der Waals surface area contributed by atoms with Gasteiger partial charge in [-0.25, -0.2) is 4.39 Å². The highest BCUT2D eigenvalue weighted by Gasteiger charge is 2.36. The molecule has 1 nitrogen and oxygen atoms in total. The van der Waals surface area contributed by atoms with Crippen LogP contribution < -0.4 is 5.32 Å². The fraction of sp³-hybridized carbons (Fsp3) is 0.385. The fourth-order valence-corrected chi connectivity index (χ4v) is 2.18. The standard InChI is InChI=1S/C13H15ClFN/c1-10-13(15,8-2-3-9-16-10)11-4-6-12(14)7-5-11/h4-7,16H,1-3,8-9H2. The Balaban J connectivity index is 2.34. The second-order valence-corrected chi connectivity index (χ2v) is 4.61. The van der Waals surface area contributed by atoms with Gasteiger partial charge in [0.25, 0.3) is 0 Å². The summed E-state index contributed by atoms with van der Waals surface area (Å²) in [6.45, 7) is 4.61. The van der Waals surface area contributed by atoms with E-state index in [9.17, 15) is 4.39 Å². The van der Waals surface area contributed by atoms with Crippen LogP contribution in [-0.2, 0) is 5.67 Å². The molecule has 16 heavy (non-hydrogen) atoms. The molecule has 1 aliphatic rings. The molecule has 1 fully saturated rings. The zero-order valence-corrected chi connectivity index (χ0v) is 9.86. The van der Waals surface area contributed by atoms with Crippen molar-refractivity contribution in [2.75, 3.05) is 6.54 Å². The second-order valence-electron chi connectivity index (χ2n) is 4.17. The van der Waals surface area contributed by atoms with E-state index in [4.69, 9.17) is 11.6 Å². The molecule has 2 rings (SSSR count). The van der Waals surface area contributed by atoms with Crippen molar-refractivity contribution in [2.24, 2.45) is 0 Å². The molecular formula is C13H15ClFN. The van der Waals surface area contributed by atoms with E-state index in [0.29, 0.717) is 22.7 Å². The van der Waals surface area contributed by atoms with Crippen LogP contribution in [0, 0.1) is 0 Å². The minimum absolute atomic E-state index is 0.465. The number of rotatable bonds is 1. The SMILES string of the molecule is C=C1NCCCCC1(F)c1ccc(Cl)cc1. The molecule has 0 bridgehead atoms. The van der Waals surface area contributed by atoms with E-state index in [1.54, 1.807) is 24.3 Å². The molecule has 1 N–H and O–H groups in total. The van der Waals surface area contributed by atoms with Crippen molar-refractivity contribution >= 4 is 11.6 Å². The highest BCUT2D eigenvalue weighted by molar-refractivity contribution is 6.30. The van der Waals surface area contributed by atoms with Crippen LogP contribution >= 0.6 is 11.6 Å². The molecule has 0 aliphatic carbocycles. The third kappa shape index (κ3) is 2.07. The van der Waals surface area contributed by atoms with Gasteiger partial charge >= 0.3 is 0 Å². The molecule has 0 saturated carbocycles. The predicted molar refractivity (Wildman–Crippen MR) is 65.2 cm³/mol. The number of allylic oxidation sites excluding steroid dienone is 1. The largest absolute Gasteiger partial charge is 0.386 e. The molecule has 3 heteroatoms. The lowest BCUT2D eigenvalue weighted by Gasteiger charge is -2.26. The van der Waals surface area contributed by atoms with Crippen molar-refractivity contribution in [1.82, 2.24) is 5.32 Å². The maximum Gasteiger partial charge on any atom is 0.174 e. The number of alkyl halides is 1. The molecular weight excluding hydrogens is 225 g/mol. The minimum atomic E-state index is -1.46. The molecule has 0 radical (unpaired) electrons. The Kier molecular flexibility index (Phi) is 3.20. The molecule has 1 atom stereocenters. The molecule has 0 aromatic heterocycles. The quantitative estimate of drug-likeness (QED) is 0.786. The summed E-state index contributed by atoms with van der Waals surface area (Å²) in [5.74, 6) is 0. The van der Waals surface area contributed by atoms with E-state index in [2.05, 4.69) is 11.9 Å². The van der Waals surface area contributed by atoms with E-state index in [0.717, 1.165) is 19.4 Å². The van der Waals surface area contributed by atoms with Crippen molar-refractivity contribution in [3.63, 3.8) is 0 Å². The molecule has 1 aromatic carbocycles. The van der Waals surface area contributed by atoms with E-state index in [-0.39, 0.29) is 0 Å². The molecule has 0 spiro atoms. The number of nitrogens with one attached hydrogen (secondary N) is 1. The van der Waals surface area contributed by atoms with Gasteiger partial charge in [-0.15, -0.1) is 0 Å². The highest BCUT2D eigenvalue weighted by Crippen LogP contribution is 2.38. The van der Waals surface area contributed by atoms with Gasteiger partial charge in [-0.05, 0) is 37.0 Å². The summed E-state index contributed by atoms with van der Waals surface area (Å²) in [6, 6.07) is 6.91. The third-order valence-electron chi connectivity index (χ3n) is 3.07. The van der Waals surface area contributed by atoms with E-state index in [1.165, 1.54) is 0 Å². The van der Waals surface area contributed by atoms with Crippen LogP contribution in [0.4, 0.5) is 4.39 Å². The summed E-state index contributed by atoms with van der Waals surface area (Å²) in [6.07, 6.45) is 2.34. The summed E-state index contributed by atoms with van der Waals surface area (Å²) < 4.78 is 14.9. The van der Waals surface area contributed by atoms with Crippen LogP contribution in [0.2, 0.25) is 5.02 Å². The Bertz CT molecular complexity index is 387. The Morgan fingerprint density at radius 3 is 2.62 bits per heavy atom. The molecule has 1 unspecified atom stereocenters. The molecule has 1 saturated heterocycles. The number of benzene rings is 1. The maximum absolute atomic E-state index is 14.9. The highest BCUT2D eigenvalue weighted by atomic mass is 35.5. The first-order valence-electron chi connectivity index (χ1n) is 5.51. The molecule has 1 aliphatic heterocycles. The third-order valence-corrected chi connectivity index (χ3v) is 3.32.